The third-order valence-electron chi connectivity index (χ3n) is 21.0. The first-order valence-corrected chi connectivity index (χ1v) is 32.9. The van der Waals surface area contributed by atoms with Gasteiger partial charge in [-0.15, -0.1) is 0 Å². The van der Waals surface area contributed by atoms with Gasteiger partial charge in [-0.3, -0.25) is 0 Å². The molecule has 0 unspecified atom stereocenters. The van der Waals surface area contributed by atoms with Crippen LogP contribution in [-0.2, 0) is 0 Å². The Morgan fingerprint density at radius 1 is 0.146 bits per heavy atom. The Kier molecular flexibility index (Phi) is 10.5. The topological polar surface area (TPSA) is 52.6 Å². The van der Waals surface area contributed by atoms with Gasteiger partial charge in [0.25, 0.3) is 0 Å². The molecule has 4 heterocycles. The molecule has 18 aromatic carbocycles. The summed E-state index contributed by atoms with van der Waals surface area (Å²) in [6, 6.07) is 111. The number of hydrogen-bond acceptors (Lipinski definition) is 4. The Balaban J connectivity index is 0.626. The lowest BCUT2D eigenvalue weighted by molar-refractivity contribution is 0.635. The first-order valence-electron chi connectivity index (χ1n) is 32.9. The highest BCUT2D eigenvalue weighted by molar-refractivity contribution is 6.28. The van der Waals surface area contributed by atoms with Gasteiger partial charge < -0.3 is 17.7 Å². The normalized spacial score (nSPS) is 12.4. The largest absolute Gasteiger partial charge is 0.456 e. The van der Waals surface area contributed by atoms with Crippen molar-refractivity contribution in [3.63, 3.8) is 0 Å². The lowest BCUT2D eigenvalue weighted by Crippen LogP contribution is -1.91. The van der Waals surface area contributed by atoms with Crippen molar-refractivity contribution in [2.45, 2.75) is 0 Å². The number of furan rings is 4. The second-order valence-electron chi connectivity index (χ2n) is 26.1. The Morgan fingerprint density at radius 2 is 0.500 bits per heavy atom. The molecule has 4 heteroatoms. The van der Waals surface area contributed by atoms with Crippen LogP contribution in [0.3, 0.4) is 0 Å². The number of rotatable bonds is 5. The van der Waals surface area contributed by atoms with Gasteiger partial charge in [0.2, 0.25) is 0 Å². The van der Waals surface area contributed by atoms with Crippen molar-refractivity contribution in [3.05, 3.63) is 303 Å². The summed E-state index contributed by atoms with van der Waals surface area (Å²) in [7, 11) is 0. The van der Waals surface area contributed by atoms with Crippen LogP contribution in [0.5, 0.6) is 0 Å². The Hall–Kier alpha value is -12.8. The van der Waals surface area contributed by atoms with Crippen molar-refractivity contribution in [3.8, 4) is 55.6 Å². The molecule has 4 aromatic heterocycles. The molecule has 0 atom stereocenters. The molecular weight excluding hydrogens is 1170 g/mol. The van der Waals surface area contributed by atoms with E-state index in [1.807, 2.05) is 0 Å². The van der Waals surface area contributed by atoms with Gasteiger partial charge in [-0.25, -0.2) is 0 Å². The smallest absolute Gasteiger partial charge is 0.178 e. The quantitative estimate of drug-likeness (QED) is 0.161. The maximum atomic E-state index is 7.09. The third-order valence-corrected chi connectivity index (χ3v) is 21.0. The van der Waals surface area contributed by atoms with Crippen LogP contribution in [0.2, 0.25) is 0 Å². The predicted molar refractivity (Wildman–Crippen MR) is 403 cm³/mol. The van der Waals surface area contributed by atoms with Crippen molar-refractivity contribution >= 4 is 174 Å². The van der Waals surface area contributed by atoms with E-state index in [9.17, 15) is 0 Å². The van der Waals surface area contributed by atoms with E-state index in [1.165, 1.54) is 98.0 Å². The molecule has 442 valence electrons. The number of benzene rings is 18. The molecule has 0 spiro atoms. The zero-order chi connectivity index (χ0) is 62.4. The average molecular weight is 1220 g/mol. The van der Waals surface area contributed by atoms with E-state index in [2.05, 4.69) is 303 Å². The van der Waals surface area contributed by atoms with Crippen LogP contribution in [0, 0.1) is 0 Å². The van der Waals surface area contributed by atoms with Gasteiger partial charge in [-0.2, -0.15) is 0 Å². The maximum absolute atomic E-state index is 7.09. The zero-order valence-corrected chi connectivity index (χ0v) is 51.5. The van der Waals surface area contributed by atoms with E-state index in [4.69, 9.17) is 17.7 Å². The van der Waals surface area contributed by atoms with Crippen LogP contribution >= 0.6 is 0 Å². The molecule has 22 rings (SSSR count). The van der Waals surface area contributed by atoms with Gasteiger partial charge in [0, 0.05) is 54.5 Å². The minimum atomic E-state index is 0.753. The van der Waals surface area contributed by atoms with Gasteiger partial charge in [0.1, 0.15) is 33.5 Å². The zero-order valence-electron chi connectivity index (χ0n) is 51.5. The second-order valence-corrected chi connectivity index (χ2v) is 26.1. The van der Waals surface area contributed by atoms with Gasteiger partial charge in [0.05, 0.1) is 0 Å². The summed E-state index contributed by atoms with van der Waals surface area (Å²) in [5.74, 6) is 0. The highest BCUT2D eigenvalue weighted by atomic mass is 16.4. The van der Waals surface area contributed by atoms with Crippen molar-refractivity contribution < 1.29 is 17.7 Å². The van der Waals surface area contributed by atoms with E-state index in [1.54, 1.807) is 0 Å². The highest BCUT2D eigenvalue weighted by Crippen LogP contribution is 2.50. The van der Waals surface area contributed by atoms with Gasteiger partial charge >= 0.3 is 0 Å². The van der Waals surface area contributed by atoms with E-state index in [-0.39, 0.29) is 0 Å². The van der Waals surface area contributed by atoms with Gasteiger partial charge in [-0.05, 0) is 215 Å². The van der Waals surface area contributed by atoms with Crippen molar-refractivity contribution in [1.29, 1.82) is 0 Å². The summed E-state index contributed by atoms with van der Waals surface area (Å²) in [6.45, 7) is 0. The SMILES string of the molecule is c1ccc2cc(-c3c4ccccc4c(-c4ccc5c(c4)oc4cc6oc7ccc8cc(-c9ccc%10ccc%11c%12ccc%13c%14ccc(-c%15c%16ccccc%16c(-c%16ccc%17ccccc%17c%16)c%16ccccc%15%16)cc%14oc%13c%12oc%11c%10c9)ccc8c7c6cc45)c4ccccc34)ccc2c1. The van der Waals surface area contributed by atoms with Crippen LogP contribution in [0.15, 0.2) is 321 Å². The van der Waals surface area contributed by atoms with Crippen LogP contribution in [-0.4, -0.2) is 0 Å². The summed E-state index contributed by atoms with van der Waals surface area (Å²) in [6.07, 6.45) is 0. The molecule has 0 fully saturated rings. The van der Waals surface area contributed by atoms with E-state index in [0.717, 1.165) is 132 Å². The molecule has 0 N–H and O–H groups in total. The predicted octanol–water partition coefficient (Wildman–Crippen LogP) is 26.8. The van der Waals surface area contributed by atoms with Crippen molar-refractivity contribution in [2.75, 3.05) is 0 Å². The Morgan fingerprint density at radius 3 is 1.08 bits per heavy atom. The molecule has 96 heavy (non-hydrogen) atoms. The molecular formula is C92H50O4. The van der Waals surface area contributed by atoms with Crippen molar-refractivity contribution in [1.82, 2.24) is 0 Å². The van der Waals surface area contributed by atoms with Crippen LogP contribution in [0.25, 0.3) is 230 Å². The fraction of sp³-hybridized carbons (Fsp3) is 0. The van der Waals surface area contributed by atoms with Crippen LogP contribution < -0.4 is 0 Å². The molecule has 4 nitrogen and oxygen atoms in total. The molecule has 0 bridgehead atoms. The van der Waals surface area contributed by atoms with Crippen molar-refractivity contribution in [2.24, 2.45) is 0 Å². The first-order chi connectivity index (χ1) is 47.5. The minimum Gasteiger partial charge on any atom is -0.456 e. The Bertz CT molecular complexity index is 7090. The fourth-order valence-corrected chi connectivity index (χ4v) is 16.6. The molecule has 0 amide bonds. The maximum Gasteiger partial charge on any atom is 0.178 e. The van der Waals surface area contributed by atoms with E-state index >= 15 is 0 Å². The van der Waals surface area contributed by atoms with E-state index in [0.29, 0.717) is 0 Å². The second kappa shape index (κ2) is 19.4. The molecule has 0 saturated carbocycles. The standard InChI is InChI=1S/C92H50O4/c1-3-15-54-44-59(29-25-51(54)13-1)85-66-17-5-9-21-70(66)87(71-22-10-6-18-67(71)85)61-34-38-65-78-49-79-84(50-83(78)94-81(65)47-61)93-80-42-35-58-43-56(32-36-63(58)89(79)80)57-28-27-53-31-39-75-76-41-40-74-64-37-33-62(48-82(64)95-91(74)92(76)96-90(75)77(53)46-57)88-72-23-11-7-19-68(72)86(69-20-8-12-24-73(69)88)60-30-26-52-14-2-4-16-55(52)45-60/h1-50H. The molecule has 0 saturated heterocycles. The van der Waals surface area contributed by atoms with Gasteiger partial charge in [-0.1, -0.05) is 218 Å². The minimum absolute atomic E-state index is 0.753. The summed E-state index contributed by atoms with van der Waals surface area (Å²) in [5, 5.41) is 27.5. The number of hydrogen-bond donors (Lipinski definition) is 0. The first kappa shape index (κ1) is 51.8. The molecule has 0 aliphatic rings. The van der Waals surface area contributed by atoms with E-state index < -0.39 is 0 Å². The molecule has 0 aliphatic heterocycles. The molecule has 22 aromatic rings. The average Bonchev–Trinajstić information content (AvgIpc) is 1.35. The molecule has 0 radical (unpaired) electrons. The lowest BCUT2D eigenvalue weighted by Gasteiger charge is -2.18. The summed E-state index contributed by atoms with van der Waals surface area (Å²) in [5.41, 5.74) is 18.2. The highest BCUT2D eigenvalue weighted by Gasteiger charge is 2.24. The summed E-state index contributed by atoms with van der Waals surface area (Å²) < 4.78 is 27.6. The molecule has 0 aliphatic carbocycles. The Labute approximate surface area is 547 Å². The number of fused-ring (bicyclic) bond motifs is 23. The fourth-order valence-electron chi connectivity index (χ4n) is 16.6. The third kappa shape index (κ3) is 7.38. The van der Waals surface area contributed by atoms with Crippen LogP contribution in [0.4, 0.5) is 0 Å². The summed E-state index contributed by atoms with van der Waals surface area (Å²) >= 11 is 0. The summed E-state index contributed by atoms with van der Waals surface area (Å²) in [4.78, 5) is 0. The van der Waals surface area contributed by atoms with Crippen LogP contribution in [0.1, 0.15) is 0 Å². The monoisotopic (exact) mass is 1220 g/mol. The lowest BCUT2D eigenvalue weighted by atomic mass is 9.85. The van der Waals surface area contributed by atoms with Gasteiger partial charge in [0.15, 0.2) is 11.2 Å².